The smallest absolute Gasteiger partial charge is 0.334 e. The summed E-state index contributed by atoms with van der Waals surface area (Å²) in [4.78, 5) is 64.7. The van der Waals surface area contributed by atoms with E-state index < -0.39 is 12.1 Å². The molecule has 1 aliphatic heterocycles. The SMILES string of the molecule is C#CCN(CCCCCCN1C(=O)[C@@H]2[C@H](C1=O)[C@H]1C=C[C@@H]2C1)C(=O)CCC(=O)NCCCOC(=O)C(C)OC. The number of nitrogens with one attached hydrogen (secondary N) is 1. The van der Waals surface area contributed by atoms with E-state index >= 15 is 0 Å². The van der Waals surface area contributed by atoms with Gasteiger partial charge in [0.15, 0.2) is 6.10 Å². The molecule has 0 radical (unpaired) electrons. The monoisotopic (exact) mass is 543 g/mol. The summed E-state index contributed by atoms with van der Waals surface area (Å²) >= 11 is 0. The van der Waals surface area contributed by atoms with Gasteiger partial charge >= 0.3 is 5.97 Å². The van der Waals surface area contributed by atoms with E-state index in [2.05, 4.69) is 23.4 Å². The first-order valence-corrected chi connectivity index (χ1v) is 14.0. The van der Waals surface area contributed by atoms with E-state index in [4.69, 9.17) is 15.9 Å². The fourth-order valence-electron chi connectivity index (χ4n) is 5.67. The largest absolute Gasteiger partial charge is 0.464 e. The van der Waals surface area contributed by atoms with Crippen molar-refractivity contribution in [1.29, 1.82) is 0 Å². The summed E-state index contributed by atoms with van der Waals surface area (Å²) in [6.45, 7) is 3.24. The van der Waals surface area contributed by atoms with Crippen LogP contribution in [0.4, 0.5) is 0 Å². The number of hydrogen-bond acceptors (Lipinski definition) is 7. The van der Waals surface area contributed by atoms with Gasteiger partial charge in [0, 0.05) is 39.6 Å². The van der Waals surface area contributed by atoms with Crippen LogP contribution in [-0.4, -0.2) is 85.4 Å². The molecule has 1 unspecified atom stereocenters. The second-order valence-corrected chi connectivity index (χ2v) is 10.5. The fraction of sp³-hybridized carbons (Fsp3) is 0.690. The Balaban J connectivity index is 1.25. The summed E-state index contributed by atoms with van der Waals surface area (Å²) in [6.07, 6.45) is 13.7. The van der Waals surface area contributed by atoms with Crippen molar-refractivity contribution in [1.82, 2.24) is 15.1 Å². The third kappa shape index (κ3) is 7.91. The van der Waals surface area contributed by atoms with Gasteiger partial charge in [0.05, 0.1) is 25.0 Å². The Kier molecular flexibility index (Phi) is 11.5. The molecule has 1 saturated carbocycles. The molecule has 214 valence electrons. The zero-order valence-electron chi connectivity index (χ0n) is 23.1. The third-order valence-corrected chi connectivity index (χ3v) is 7.90. The topological polar surface area (TPSA) is 122 Å². The Labute approximate surface area is 230 Å². The van der Waals surface area contributed by atoms with E-state index in [9.17, 15) is 24.0 Å². The molecule has 3 rings (SSSR count). The molecule has 3 aliphatic rings. The number of fused-ring (bicyclic) bond motifs is 5. The Morgan fingerprint density at radius 1 is 1.08 bits per heavy atom. The van der Waals surface area contributed by atoms with Gasteiger partial charge in [-0.2, -0.15) is 0 Å². The van der Waals surface area contributed by atoms with E-state index in [0.29, 0.717) is 26.1 Å². The fourth-order valence-corrected chi connectivity index (χ4v) is 5.67. The lowest BCUT2D eigenvalue weighted by atomic mass is 9.85. The summed E-state index contributed by atoms with van der Waals surface area (Å²) in [6, 6.07) is 0. The minimum Gasteiger partial charge on any atom is -0.464 e. The first-order chi connectivity index (χ1) is 18.8. The van der Waals surface area contributed by atoms with Crippen LogP contribution in [0.25, 0.3) is 0 Å². The molecule has 0 aromatic carbocycles. The number of amides is 4. The highest BCUT2D eigenvalue weighted by molar-refractivity contribution is 6.06. The van der Waals surface area contributed by atoms with Crippen LogP contribution in [0, 0.1) is 36.0 Å². The molecule has 0 aromatic rings. The van der Waals surface area contributed by atoms with Gasteiger partial charge < -0.3 is 19.7 Å². The van der Waals surface area contributed by atoms with Crippen LogP contribution in [0.15, 0.2) is 12.2 Å². The molecule has 4 amide bonds. The number of imide groups is 1. The number of terminal acetylenes is 1. The zero-order chi connectivity index (χ0) is 28.4. The van der Waals surface area contributed by atoms with Crippen LogP contribution in [-0.2, 0) is 33.4 Å². The molecule has 0 aromatic heterocycles. The highest BCUT2D eigenvalue weighted by atomic mass is 16.6. The lowest BCUT2D eigenvalue weighted by molar-refractivity contribution is -0.154. The molecule has 0 spiro atoms. The van der Waals surface area contributed by atoms with Crippen LogP contribution in [0.2, 0.25) is 0 Å². The van der Waals surface area contributed by atoms with Crippen molar-refractivity contribution in [3.8, 4) is 12.3 Å². The summed E-state index contributed by atoms with van der Waals surface area (Å²) in [5.41, 5.74) is 0. The van der Waals surface area contributed by atoms with Gasteiger partial charge in [0.1, 0.15) is 0 Å². The van der Waals surface area contributed by atoms with Crippen molar-refractivity contribution in [2.24, 2.45) is 23.7 Å². The Bertz CT molecular complexity index is 958. The average molecular weight is 544 g/mol. The number of nitrogens with zero attached hydrogens (tertiary/aromatic N) is 2. The van der Waals surface area contributed by atoms with Gasteiger partial charge in [0.25, 0.3) is 0 Å². The summed E-state index contributed by atoms with van der Waals surface area (Å²) in [7, 11) is 1.42. The number of methoxy groups -OCH3 is 1. The number of carbonyl (C=O) groups excluding carboxylic acids is 5. The van der Waals surface area contributed by atoms with E-state index in [1.807, 2.05) is 0 Å². The molecule has 39 heavy (non-hydrogen) atoms. The minimum atomic E-state index is -0.629. The highest BCUT2D eigenvalue weighted by Gasteiger charge is 2.58. The maximum atomic E-state index is 12.8. The lowest BCUT2D eigenvalue weighted by Gasteiger charge is -2.20. The van der Waals surface area contributed by atoms with E-state index in [0.717, 1.165) is 32.1 Å². The van der Waals surface area contributed by atoms with Crippen LogP contribution in [0.3, 0.4) is 0 Å². The molecule has 10 nitrogen and oxygen atoms in total. The summed E-state index contributed by atoms with van der Waals surface area (Å²) < 4.78 is 9.89. The van der Waals surface area contributed by atoms with Crippen molar-refractivity contribution >= 4 is 29.6 Å². The Hall–Kier alpha value is -3.19. The van der Waals surface area contributed by atoms with Crippen LogP contribution < -0.4 is 5.32 Å². The second-order valence-electron chi connectivity index (χ2n) is 10.5. The van der Waals surface area contributed by atoms with Gasteiger partial charge in [-0.15, -0.1) is 6.42 Å². The average Bonchev–Trinajstić information content (AvgIpc) is 3.61. The molecule has 2 aliphatic carbocycles. The van der Waals surface area contributed by atoms with Crippen molar-refractivity contribution in [2.45, 2.75) is 64.4 Å². The maximum Gasteiger partial charge on any atom is 0.334 e. The number of allylic oxidation sites excluding steroid dienone is 2. The number of carbonyl (C=O) groups is 5. The van der Waals surface area contributed by atoms with Crippen molar-refractivity contribution in [2.75, 3.05) is 39.9 Å². The minimum absolute atomic E-state index is 0.00294. The molecule has 10 heteroatoms. The standard InChI is InChI=1S/C29H41N3O7/c1-4-15-31(24(34)13-12-23(33)30-14-9-18-39-29(37)20(2)38-3)16-7-5-6-8-17-32-27(35)25-21-10-11-22(19-21)26(25)28(32)36/h1,10-11,20-22,25-26H,5-9,12-19H2,2-3H3,(H,30,33)/t20?,21-,22+,25+,26-. The normalized spacial score (nSPS) is 23.5. The first kappa shape index (κ1) is 30.4. The lowest BCUT2D eigenvalue weighted by Crippen LogP contribution is -2.34. The molecule has 2 bridgehead atoms. The molecule has 2 fully saturated rings. The van der Waals surface area contributed by atoms with Gasteiger partial charge in [-0.3, -0.25) is 24.1 Å². The Morgan fingerprint density at radius 3 is 2.38 bits per heavy atom. The number of hydrogen-bond donors (Lipinski definition) is 1. The van der Waals surface area contributed by atoms with E-state index in [-0.39, 0.29) is 73.3 Å². The quantitative estimate of drug-likeness (QED) is 0.0974. The number of esters is 1. The summed E-state index contributed by atoms with van der Waals surface area (Å²) in [5.74, 6) is 1.79. The molecule has 1 heterocycles. The predicted molar refractivity (Wildman–Crippen MR) is 143 cm³/mol. The number of rotatable bonds is 17. The van der Waals surface area contributed by atoms with Gasteiger partial charge in [-0.1, -0.05) is 30.9 Å². The molecule has 5 atom stereocenters. The number of unbranched alkanes of at least 4 members (excludes halogenated alkanes) is 3. The third-order valence-electron chi connectivity index (χ3n) is 7.90. The van der Waals surface area contributed by atoms with Gasteiger partial charge in [-0.25, -0.2) is 4.79 Å². The van der Waals surface area contributed by atoms with E-state index in [1.54, 1.807) is 11.8 Å². The van der Waals surface area contributed by atoms with Crippen LogP contribution >= 0.6 is 0 Å². The van der Waals surface area contributed by atoms with Gasteiger partial charge in [-0.05, 0) is 44.4 Å². The van der Waals surface area contributed by atoms with Crippen molar-refractivity contribution in [3.05, 3.63) is 12.2 Å². The maximum absolute atomic E-state index is 12.8. The Morgan fingerprint density at radius 2 is 1.74 bits per heavy atom. The second kappa shape index (κ2) is 14.8. The van der Waals surface area contributed by atoms with Crippen LogP contribution in [0.5, 0.6) is 0 Å². The predicted octanol–water partition coefficient (Wildman–Crippen LogP) is 1.68. The highest BCUT2D eigenvalue weighted by Crippen LogP contribution is 2.52. The van der Waals surface area contributed by atoms with Crippen molar-refractivity contribution in [3.63, 3.8) is 0 Å². The van der Waals surface area contributed by atoms with Crippen LogP contribution in [0.1, 0.15) is 58.3 Å². The number of ether oxygens (including phenoxy) is 2. The first-order valence-electron chi connectivity index (χ1n) is 14.0. The van der Waals surface area contributed by atoms with Gasteiger partial charge in [0.2, 0.25) is 23.6 Å². The molecule has 1 N–H and O–H groups in total. The van der Waals surface area contributed by atoms with Crippen molar-refractivity contribution < 1.29 is 33.4 Å². The zero-order valence-corrected chi connectivity index (χ0v) is 23.1. The molecular formula is C29H41N3O7. The number of likely N-dealkylation sites (tertiary alicyclic amines) is 1. The molecular weight excluding hydrogens is 502 g/mol. The van der Waals surface area contributed by atoms with E-state index in [1.165, 1.54) is 12.0 Å². The molecule has 1 saturated heterocycles. The summed E-state index contributed by atoms with van der Waals surface area (Å²) in [5, 5.41) is 2.71.